The molecule has 0 N–H and O–H groups in total. The number of hydrogen-bond donors (Lipinski definition) is 0. The highest BCUT2D eigenvalue weighted by atomic mass is 16.6. The average molecular weight is 298 g/mol. The van der Waals surface area contributed by atoms with E-state index in [2.05, 4.69) is 6.92 Å². The third-order valence-corrected chi connectivity index (χ3v) is 4.93. The molecular weight excluding hydrogens is 276 g/mol. The van der Waals surface area contributed by atoms with Crippen molar-refractivity contribution in [3.8, 4) is 0 Å². The normalized spacial score (nSPS) is 30.5. The maximum absolute atomic E-state index is 12.1. The Morgan fingerprint density at radius 1 is 1.32 bits per heavy atom. The second kappa shape index (κ2) is 6.47. The smallest absolute Gasteiger partial charge is 0.306 e. The summed E-state index contributed by atoms with van der Waals surface area (Å²) in [6, 6.07) is 10.1. The molecule has 1 aromatic carbocycles. The van der Waals surface area contributed by atoms with E-state index in [1.54, 1.807) is 6.08 Å². The number of allylic oxidation sites excluding steroid dienone is 2. The van der Waals surface area contributed by atoms with E-state index in [0.717, 1.165) is 12.8 Å². The van der Waals surface area contributed by atoms with Gasteiger partial charge in [0.25, 0.3) is 0 Å². The number of hydrogen-bond acceptors (Lipinski definition) is 3. The molecule has 3 rings (SSSR count). The lowest BCUT2D eigenvalue weighted by molar-refractivity contribution is -0.141. The molecular formula is C19H22O3. The van der Waals surface area contributed by atoms with Crippen molar-refractivity contribution < 1.29 is 14.3 Å². The van der Waals surface area contributed by atoms with Crippen LogP contribution < -0.4 is 0 Å². The van der Waals surface area contributed by atoms with Crippen molar-refractivity contribution in [3.63, 3.8) is 0 Å². The molecule has 1 saturated carbocycles. The Labute approximate surface area is 131 Å². The van der Waals surface area contributed by atoms with Gasteiger partial charge in [0.1, 0.15) is 6.10 Å². The summed E-state index contributed by atoms with van der Waals surface area (Å²) in [4.78, 5) is 23.4. The minimum absolute atomic E-state index is 0.0663. The molecule has 3 unspecified atom stereocenters. The number of benzene rings is 1. The summed E-state index contributed by atoms with van der Waals surface area (Å²) in [5.74, 6) is 1.10. The first-order chi connectivity index (χ1) is 10.6. The SMILES string of the molecule is CC1CC2OC(=O)CC2[C@H]1/C=C/C(=O)CCc1ccccc1. The van der Waals surface area contributed by atoms with E-state index < -0.39 is 0 Å². The lowest BCUT2D eigenvalue weighted by atomic mass is 9.88. The second-order valence-corrected chi connectivity index (χ2v) is 6.50. The maximum atomic E-state index is 12.1. The van der Waals surface area contributed by atoms with Crippen LogP contribution in [0.25, 0.3) is 0 Å². The lowest BCUT2D eigenvalue weighted by Crippen LogP contribution is -2.13. The van der Waals surface area contributed by atoms with Crippen molar-refractivity contribution in [3.05, 3.63) is 48.0 Å². The number of esters is 1. The first-order valence-corrected chi connectivity index (χ1v) is 8.08. The van der Waals surface area contributed by atoms with Crippen LogP contribution in [0.4, 0.5) is 0 Å². The molecule has 0 bridgehead atoms. The number of ketones is 1. The third-order valence-electron chi connectivity index (χ3n) is 4.93. The van der Waals surface area contributed by atoms with Crippen molar-refractivity contribution in [2.24, 2.45) is 17.8 Å². The minimum atomic E-state index is -0.0873. The fourth-order valence-corrected chi connectivity index (χ4v) is 3.73. The van der Waals surface area contributed by atoms with Gasteiger partial charge in [0.15, 0.2) is 5.78 Å². The van der Waals surface area contributed by atoms with Gasteiger partial charge in [-0.3, -0.25) is 9.59 Å². The highest BCUT2D eigenvalue weighted by Crippen LogP contribution is 2.45. The molecule has 1 heterocycles. The molecule has 1 aliphatic carbocycles. The van der Waals surface area contributed by atoms with Gasteiger partial charge in [0.05, 0.1) is 6.42 Å². The molecule has 116 valence electrons. The fourth-order valence-electron chi connectivity index (χ4n) is 3.73. The molecule has 3 heteroatoms. The first kappa shape index (κ1) is 15.0. The number of aryl methyl sites for hydroxylation is 1. The summed E-state index contributed by atoms with van der Waals surface area (Å²) in [5, 5.41) is 0. The molecule has 0 spiro atoms. The Bertz CT molecular complexity index is 576. The molecule has 3 nitrogen and oxygen atoms in total. The maximum Gasteiger partial charge on any atom is 0.306 e. The highest BCUT2D eigenvalue weighted by molar-refractivity contribution is 5.89. The molecule has 0 radical (unpaired) electrons. The first-order valence-electron chi connectivity index (χ1n) is 8.08. The van der Waals surface area contributed by atoms with Crippen LogP contribution >= 0.6 is 0 Å². The van der Waals surface area contributed by atoms with E-state index in [9.17, 15) is 9.59 Å². The monoisotopic (exact) mass is 298 g/mol. The number of ether oxygens (including phenoxy) is 1. The van der Waals surface area contributed by atoms with Gasteiger partial charge in [0, 0.05) is 12.3 Å². The Hall–Kier alpha value is -1.90. The van der Waals surface area contributed by atoms with Crippen molar-refractivity contribution in [2.75, 3.05) is 0 Å². The molecule has 1 aromatic rings. The zero-order valence-electron chi connectivity index (χ0n) is 12.9. The Kier molecular flexibility index (Phi) is 4.41. The van der Waals surface area contributed by atoms with Crippen LogP contribution in [-0.4, -0.2) is 17.9 Å². The van der Waals surface area contributed by atoms with E-state index in [1.807, 2.05) is 36.4 Å². The standard InChI is InChI=1S/C19H22O3/c1-13-11-18-17(12-19(21)22-18)16(13)10-9-15(20)8-7-14-5-3-2-4-6-14/h2-6,9-10,13,16-18H,7-8,11-12H2,1H3/b10-9+/t13?,16-,17?,18?/m0/s1. The summed E-state index contributed by atoms with van der Waals surface area (Å²) in [7, 11) is 0. The van der Waals surface area contributed by atoms with Gasteiger partial charge in [-0.05, 0) is 36.3 Å². The average Bonchev–Trinajstić information content (AvgIpc) is 2.99. The zero-order valence-corrected chi connectivity index (χ0v) is 12.9. The van der Waals surface area contributed by atoms with Gasteiger partial charge in [-0.2, -0.15) is 0 Å². The highest BCUT2D eigenvalue weighted by Gasteiger charge is 2.47. The molecule has 0 amide bonds. The summed E-state index contributed by atoms with van der Waals surface area (Å²) >= 11 is 0. The van der Waals surface area contributed by atoms with Gasteiger partial charge in [0.2, 0.25) is 0 Å². The van der Waals surface area contributed by atoms with E-state index in [4.69, 9.17) is 4.74 Å². The molecule has 22 heavy (non-hydrogen) atoms. The Balaban J connectivity index is 1.54. The second-order valence-electron chi connectivity index (χ2n) is 6.50. The molecule has 1 aliphatic heterocycles. The molecule has 1 saturated heterocycles. The topological polar surface area (TPSA) is 43.4 Å². The van der Waals surface area contributed by atoms with Crippen LogP contribution in [0.3, 0.4) is 0 Å². The number of fused-ring (bicyclic) bond motifs is 1. The number of carbonyl (C=O) groups is 2. The van der Waals surface area contributed by atoms with Gasteiger partial charge in [-0.1, -0.05) is 43.3 Å². The van der Waals surface area contributed by atoms with Gasteiger partial charge >= 0.3 is 5.97 Å². The minimum Gasteiger partial charge on any atom is -0.462 e. The third kappa shape index (κ3) is 3.29. The van der Waals surface area contributed by atoms with Crippen LogP contribution in [0.15, 0.2) is 42.5 Å². The summed E-state index contributed by atoms with van der Waals surface area (Å²) in [5.41, 5.74) is 1.19. The summed E-state index contributed by atoms with van der Waals surface area (Å²) in [6.07, 6.45) is 6.53. The molecule has 2 aliphatic rings. The van der Waals surface area contributed by atoms with Crippen molar-refractivity contribution in [1.29, 1.82) is 0 Å². The Morgan fingerprint density at radius 2 is 2.09 bits per heavy atom. The van der Waals surface area contributed by atoms with Crippen molar-refractivity contribution >= 4 is 11.8 Å². The van der Waals surface area contributed by atoms with Crippen LogP contribution in [0, 0.1) is 17.8 Å². The molecule has 4 atom stereocenters. The number of carbonyl (C=O) groups excluding carboxylic acids is 2. The van der Waals surface area contributed by atoms with E-state index >= 15 is 0 Å². The van der Waals surface area contributed by atoms with Gasteiger partial charge < -0.3 is 4.74 Å². The largest absolute Gasteiger partial charge is 0.462 e. The number of rotatable bonds is 5. The lowest BCUT2D eigenvalue weighted by Gasteiger charge is -2.15. The van der Waals surface area contributed by atoms with Crippen molar-refractivity contribution in [2.45, 2.75) is 38.7 Å². The quantitative estimate of drug-likeness (QED) is 0.618. The predicted octanol–water partition coefficient (Wildman–Crippen LogP) is 3.33. The molecule has 2 fully saturated rings. The summed E-state index contributed by atoms with van der Waals surface area (Å²) < 4.78 is 5.34. The van der Waals surface area contributed by atoms with E-state index in [0.29, 0.717) is 18.8 Å². The zero-order chi connectivity index (χ0) is 15.5. The fraction of sp³-hybridized carbons (Fsp3) is 0.474. The van der Waals surface area contributed by atoms with E-state index in [1.165, 1.54) is 5.56 Å². The van der Waals surface area contributed by atoms with Crippen molar-refractivity contribution in [1.82, 2.24) is 0 Å². The van der Waals surface area contributed by atoms with E-state index in [-0.39, 0.29) is 29.7 Å². The summed E-state index contributed by atoms with van der Waals surface area (Å²) in [6.45, 7) is 2.18. The van der Waals surface area contributed by atoms with Crippen LogP contribution in [-0.2, 0) is 20.7 Å². The Morgan fingerprint density at radius 3 is 2.86 bits per heavy atom. The van der Waals surface area contributed by atoms with Crippen LogP contribution in [0.2, 0.25) is 0 Å². The van der Waals surface area contributed by atoms with Crippen LogP contribution in [0.1, 0.15) is 31.7 Å². The predicted molar refractivity (Wildman–Crippen MR) is 84.2 cm³/mol. The van der Waals surface area contributed by atoms with Gasteiger partial charge in [-0.25, -0.2) is 0 Å². The van der Waals surface area contributed by atoms with Crippen LogP contribution in [0.5, 0.6) is 0 Å². The molecule has 0 aromatic heterocycles. The van der Waals surface area contributed by atoms with Gasteiger partial charge in [-0.15, -0.1) is 0 Å².